The molecule has 0 saturated carbocycles. The minimum absolute atomic E-state index is 0.118. The molecule has 61 valence electrons. The van der Waals surface area contributed by atoms with E-state index in [1.807, 2.05) is 6.92 Å². The number of rotatable bonds is 1. The summed E-state index contributed by atoms with van der Waals surface area (Å²) in [5.74, 6) is 0.538. The van der Waals surface area contributed by atoms with Gasteiger partial charge in [0.15, 0.2) is 5.82 Å². The molecular weight excluding hydrogens is 154 g/mol. The van der Waals surface area contributed by atoms with Crippen molar-refractivity contribution in [2.75, 3.05) is 0 Å². The molecule has 12 heavy (non-hydrogen) atoms. The summed E-state index contributed by atoms with van der Waals surface area (Å²) < 4.78 is 0. The molecule has 4 nitrogen and oxygen atoms in total. The highest BCUT2D eigenvalue weighted by molar-refractivity contribution is 5.67. The summed E-state index contributed by atoms with van der Waals surface area (Å²) in [6.07, 6.45) is 3.98. The summed E-state index contributed by atoms with van der Waals surface area (Å²) in [7, 11) is 0. The van der Waals surface area contributed by atoms with E-state index in [0.717, 1.165) is 12.1 Å². The van der Waals surface area contributed by atoms with Gasteiger partial charge in [0.05, 0.1) is 11.9 Å². The Labute approximate surface area is 69.3 Å². The smallest absolute Gasteiger partial charge is 0.260 e. The van der Waals surface area contributed by atoms with Crippen LogP contribution in [0.25, 0.3) is 6.08 Å². The average molecular weight is 162 g/mol. The molecule has 0 bridgehead atoms. The van der Waals surface area contributed by atoms with Gasteiger partial charge in [0.2, 0.25) is 0 Å². The van der Waals surface area contributed by atoms with Crippen LogP contribution in [0.2, 0.25) is 0 Å². The maximum Gasteiger partial charge on any atom is 0.260 e. The number of hydrogen-bond acceptors (Lipinski definition) is 2. The highest BCUT2D eigenvalue weighted by Gasteiger charge is 2.15. The van der Waals surface area contributed by atoms with E-state index in [9.17, 15) is 4.79 Å². The molecule has 0 fully saturated rings. The van der Waals surface area contributed by atoms with Crippen molar-refractivity contribution in [3.63, 3.8) is 0 Å². The van der Waals surface area contributed by atoms with E-state index in [2.05, 4.69) is 15.3 Å². The zero-order chi connectivity index (χ0) is 8.55. The Morgan fingerprint density at radius 1 is 1.58 bits per heavy atom. The van der Waals surface area contributed by atoms with Crippen molar-refractivity contribution in [2.24, 2.45) is 0 Å². The number of nitrogens with zero attached hydrogens (tertiary/aromatic N) is 2. The van der Waals surface area contributed by atoms with Gasteiger partial charge in [0.25, 0.3) is 5.56 Å². The summed E-state index contributed by atoms with van der Waals surface area (Å²) in [5, 5.41) is 4.16. The number of nitrogens with one attached hydrogen (secondary N) is 1. The van der Waals surface area contributed by atoms with E-state index in [1.54, 1.807) is 6.08 Å². The number of H-pyrrole nitrogens is 1. The predicted molar refractivity (Wildman–Crippen MR) is 44.9 cm³/mol. The lowest BCUT2D eigenvalue weighted by Crippen LogP contribution is -2.09. The number of fused-ring (bicyclic) bond motifs is 1. The number of allylic oxidation sites excluding steroid dienone is 1. The van der Waals surface area contributed by atoms with E-state index in [4.69, 9.17) is 0 Å². The average Bonchev–Trinajstić information content (AvgIpc) is 2.49. The molecule has 2 heterocycles. The van der Waals surface area contributed by atoms with E-state index >= 15 is 0 Å². The lowest BCUT2D eigenvalue weighted by atomic mass is 10.3. The third kappa shape index (κ3) is 0.922. The minimum Gasteiger partial charge on any atom is -0.313 e. The van der Waals surface area contributed by atoms with Gasteiger partial charge in [0, 0.05) is 5.70 Å². The van der Waals surface area contributed by atoms with Gasteiger partial charge in [-0.25, -0.2) is 10.3 Å². The first-order chi connectivity index (χ1) is 5.81. The molecule has 1 N–H and O–H groups in total. The molecule has 0 amide bonds. The Morgan fingerprint density at radius 3 is 3.08 bits per heavy atom. The second-order valence-corrected chi connectivity index (χ2v) is 2.57. The van der Waals surface area contributed by atoms with Crippen LogP contribution in [0.3, 0.4) is 0 Å². The maximum absolute atomic E-state index is 11.2. The molecular formula is C8H8N3O. The van der Waals surface area contributed by atoms with Crippen molar-refractivity contribution in [3.05, 3.63) is 27.9 Å². The van der Waals surface area contributed by atoms with Gasteiger partial charge in [-0.3, -0.25) is 4.79 Å². The largest absolute Gasteiger partial charge is 0.313 e. The lowest BCUT2D eigenvalue weighted by Gasteiger charge is -1.94. The molecule has 0 atom stereocenters. The van der Waals surface area contributed by atoms with Crippen LogP contribution in [0.4, 0.5) is 5.82 Å². The van der Waals surface area contributed by atoms with Crippen LogP contribution in [0.15, 0.2) is 16.8 Å². The van der Waals surface area contributed by atoms with Crippen LogP contribution in [-0.4, -0.2) is 9.97 Å². The monoisotopic (exact) mass is 162 g/mol. The summed E-state index contributed by atoms with van der Waals surface area (Å²) >= 11 is 0. The quantitative estimate of drug-likeness (QED) is 0.663. The van der Waals surface area contributed by atoms with Crippen molar-refractivity contribution >= 4 is 11.9 Å². The van der Waals surface area contributed by atoms with Gasteiger partial charge in [-0.2, -0.15) is 0 Å². The van der Waals surface area contributed by atoms with Gasteiger partial charge in [0.1, 0.15) is 0 Å². The van der Waals surface area contributed by atoms with Crippen LogP contribution >= 0.6 is 0 Å². The number of aromatic amines is 1. The molecule has 0 unspecified atom stereocenters. The molecule has 0 aliphatic carbocycles. The standard InChI is InChI=1S/C8H8N3O/c1-2-5-3-6-7(11-5)9-4-10-8(6)12/h3-4H,2H2,1H3,(H,9,10,12). The normalized spacial score (nSPS) is 13.6. The Balaban J connectivity index is 2.55. The molecule has 1 aromatic rings. The fourth-order valence-corrected chi connectivity index (χ4v) is 1.14. The molecule has 0 saturated heterocycles. The van der Waals surface area contributed by atoms with Gasteiger partial charge >= 0.3 is 0 Å². The lowest BCUT2D eigenvalue weighted by molar-refractivity contribution is 0.934. The van der Waals surface area contributed by atoms with Gasteiger partial charge < -0.3 is 4.98 Å². The third-order valence-electron chi connectivity index (χ3n) is 1.79. The van der Waals surface area contributed by atoms with Crippen LogP contribution in [-0.2, 0) is 0 Å². The SMILES string of the molecule is CCC1=Cc2c(nc[nH]c2=O)[N]1. The van der Waals surface area contributed by atoms with E-state index in [-0.39, 0.29) is 5.56 Å². The first kappa shape index (κ1) is 7.09. The zero-order valence-electron chi connectivity index (χ0n) is 6.66. The molecule has 0 aromatic carbocycles. The number of aromatic nitrogens is 2. The molecule has 1 aliphatic rings. The first-order valence-electron chi connectivity index (χ1n) is 3.81. The molecule has 0 spiro atoms. The van der Waals surface area contributed by atoms with Crippen LogP contribution in [0, 0.1) is 0 Å². The van der Waals surface area contributed by atoms with Gasteiger partial charge in [-0.05, 0) is 12.5 Å². The zero-order valence-corrected chi connectivity index (χ0v) is 6.66. The molecule has 1 radical (unpaired) electrons. The van der Waals surface area contributed by atoms with Gasteiger partial charge in [-0.1, -0.05) is 6.92 Å². The van der Waals surface area contributed by atoms with Crippen molar-refractivity contribution in [1.29, 1.82) is 0 Å². The summed E-state index contributed by atoms with van der Waals surface area (Å²) in [6.45, 7) is 2.00. The summed E-state index contributed by atoms with van der Waals surface area (Å²) in [6, 6.07) is 0. The predicted octanol–water partition coefficient (Wildman–Crippen LogP) is 0.770. The Hall–Kier alpha value is -1.58. The maximum atomic E-state index is 11.2. The molecule has 2 rings (SSSR count). The second-order valence-electron chi connectivity index (χ2n) is 2.57. The Kier molecular flexibility index (Phi) is 1.46. The van der Waals surface area contributed by atoms with Crippen LogP contribution in [0.5, 0.6) is 0 Å². The third-order valence-corrected chi connectivity index (χ3v) is 1.79. The fourth-order valence-electron chi connectivity index (χ4n) is 1.14. The molecule has 4 heteroatoms. The summed E-state index contributed by atoms with van der Waals surface area (Å²) in [4.78, 5) is 17.6. The minimum atomic E-state index is -0.118. The van der Waals surface area contributed by atoms with Crippen molar-refractivity contribution in [1.82, 2.24) is 15.3 Å². The topological polar surface area (TPSA) is 59.9 Å². The molecule has 1 aliphatic heterocycles. The van der Waals surface area contributed by atoms with E-state index < -0.39 is 0 Å². The highest BCUT2D eigenvalue weighted by atomic mass is 16.1. The van der Waals surface area contributed by atoms with Gasteiger partial charge in [-0.15, -0.1) is 0 Å². The van der Waals surface area contributed by atoms with Crippen molar-refractivity contribution < 1.29 is 0 Å². The van der Waals surface area contributed by atoms with Crippen molar-refractivity contribution in [2.45, 2.75) is 13.3 Å². The van der Waals surface area contributed by atoms with E-state index in [1.165, 1.54) is 6.33 Å². The fraction of sp³-hybridized carbons (Fsp3) is 0.250. The number of hydrogen-bond donors (Lipinski definition) is 1. The first-order valence-corrected chi connectivity index (χ1v) is 3.81. The second kappa shape index (κ2) is 2.48. The van der Waals surface area contributed by atoms with E-state index in [0.29, 0.717) is 11.4 Å². The van der Waals surface area contributed by atoms with Crippen molar-refractivity contribution in [3.8, 4) is 0 Å². The molecule has 1 aromatic heterocycles. The van der Waals surface area contributed by atoms with Crippen LogP contribution < -0.4 is 10.9 Å². The summed E-state index contributed by atoms with van der Waals surface area (Å²) in [5.41, 5.74) is 1.37. The van der Waals surface area contributed by atoms with Crippen LogP contribution in [0.1, 0.15) is 18.9 Å². The Morgan fingerprint density at radius 2 is 2.42 bits per heavy atom. The highest BCUT2D eigenvalue weighted by Crippen LogP contribution is 2.22. The Bertz CT molecular complexity index is 392.